The molecule has 0 radical (unpaired) electrons. The van der Waals surface area contributed by atoms with Gasteiger partial charge in [-0.3, -0.25) is 14.6 Å². The topological polar surface area (TPSA) is 121 Å². The zero-order valence-corrected chi connectivity index (χ0v) is 16.8. The lowest BCUT2D eigenvalue weighted by Crippen LogP contribution is -2.42. The number of nitrogens with one attached hydrogen (secondary N) is 1. The van der Waals surface area contributed by atoms with Crippen LogP contribution in [0.25, 0.3) is 10.9 Å². The summed E-state index contributed by atoms with van der Waals surface area (Å²) in [7, 11) is 0. The van der Waals surface area contributed by atoms with Crippen LogP contribution in [0.4, 0.5) is 10.2 Å². The van der Waals surface area contributed by atoms with E-state index < -0.39 is 17.5 Å². The van der Waals surface area contributed by atoms with Crippen LogP contribution >= 0.6 is 0 Å². The molecule has 2 aromatic heterocycles. The number of hydrogen-bond acceptors (Lipinski definition) is 6. The van der Waals surface area contributed by atoms with Crippen LogP contribution in [-0.2, 0) is 4.79 Å². The maximum Gasteiger partial charge on any atom is 0.295 e. The van der Waals surface area contributed by atoms with E-state index in [4.69, 9.17) is 11.6 Å². The minimum absolute atomic E-state index is 0.0270. The molecule has 5 N–H and O–H groups in total. The number of aromatic nitrogens is 2. The minimum Gasteiger partial charge on any atom is -0.403 e. The van der Waals surface area contributed by atoms with Crippen LogP contribution in [0.5, 0.6) is 0 Å². The highest BCUT2D eigenvalue weighted by Gasteiger charge is 2.31. The largest absolute Gasteiger partial charge is 0.403 e. The Kier molecular flexibility index (Phi) is 5.68. The lowest BCUT2D eigenvalue weighted by Gasteiger charge is -2.32. The number of halogens is 1. The molecule has 1 amide bonds. The number of hydrazine groups is 1. The summed E-state index contributed by atoms with van der Waals surface area (Å²) in [5.41, 5.74) is 6.65. The predicted molar refractivity (Wildman–Crippen MR) is 115 cm³/mol. The van der Waals surface area contributed by atoms with Crippen molar-refractivity contribution in [3.8, 4) is 0 Å². The Morgan fingerprint density at radius 1 is 1.29 bits per heavy atom. The van der Waals surface area contributed by atoms with E-state index in [0.717, 1.165) is 29.6 Å². The fourth-order valence-electron chi connectivity index (χ4n) is 4.05. The Labute approximate surface area is 178 Å². The normalized spacial score (nSPS) is 16.7. The van der Waals surface area contributed by atoms with Gasteiger partial charge in [-0.1, -0.05) is 30.3 Å². The SMILES string of the molecule is N/C=C\N(N)c1ncc(F)c2c(C(=O)C(=O)N3CCCC(c4ccccc4)C3)c[nH]c12. The molecule has 1 aliphatic heterocycles. The van der Waals surface area contributed by atoms with Crippen LogP contribution in [0.15, 0.2) is 55.1 Å². The first kappa shape index (κ1) is 20.5. The van der Waals surface area contributed by atoms with E-state index >= 15 is 0 Å². The van der Waals surface area contributed by atoms with Gasteiger partial charge in [0, 0.05) is 37.6 Å². The number of rotatable bonds is 5. The van der Waals surface area contributed by atoms with Crippen molar-refractivity contribution in [3.05, 3.63) is 72.1 Å². The molecule has 0 saturated carbocycles. The molecule has 31 heavy (non-hydrogen) atoms. The molecule has 160 valence electrons. The Morgan fingerprint density at radius 3 is 2.81 bits per heavy atom. The van der Waals surface area contributed by atoms with Gasteiger partial charge in [-0.2, -0.15) is 0 Å². The Balaban J connectivity index is 1.62. The van der Waals surface area contributed by atoms with E-state index in [1.807, 2.05) is 30.3 Å². The monoisotopic (exact) mass is 422 g/mol. The van der Waals surface area contributed by atoms with Gasteiger partial charge in [0.15, 0.2) is 11.6 Å². The van der Waals surface area contributed by atoms with Gasteiger partial charge in [-0.15, -0.1) is 0 Å². The quantitative estimate of drug-likeness (QED) is 0.251. The van der Waals surface area contributed by atoms with Gasteiger partial charge in [0.05, 0.1) is 22.7 Å². The van der Waals surface area contributed by atoms with E-state index in [1.165, 1.54) is 18.6 Å². The molecule has 8 nitrogen and oxygen atoms in total. The summed E-state index contributed by atoms with van der Waals surface area (Å²) in [5.74, 6) is 4.05. The number of likely N-dealkylation sites (tertiary alicyclic amines) is 1. The fraction of sp³-hybridized carbons (Fsp3) is 0.227. The van der Waals surface area contributed by atoms with Gasteiger partial charge in [-0.05, 0) is 18.4 Å². The standard InChI is InChI=1S/C22H23FN6O2/c23-17-12-27-21(29(25)10-8-24)19-18(17)16(11-26-19)20(30)22(31)28-9-4-7-15(13-28)14-5-2-1-3-6-14/h1-3,5-6,8,10-12,15,26H,4,7,9,13,24-25H2/b10-8-. The Hall–Kier alpha value is -3.72. The first-order chi connectivity index (χ1) is 15.0. The average molecular weight is 422 g/mol. The van der Waals surface area contributed by atoms with Crippen molar-refractivity contribution >= 4 is 28.4 Å². The van der Waals surface area contributed by atoms with Crippen molar-refractivity contribution in [2.75, 3.05) is 18.1 Å². The first-order valence-electron chi connectivity index (χ1n) is 9.97. The van der Waals surface area contributed by atoms with Crippen LogP contribution in [0, 0.1) is 5.82 Å². The molecule has 1 aliphatic rings. The maximum absolute atomic E-state index is 14.6. The van der Waals surface area contributed by atoms with Crippen LogP contribution in [0.2, 0.25) is 0 Å². The second kappa shape index (κ2) is 8.57. The molecule has 0 bridgehead atoms. The number of benzene rings is 1. The van der Waals surface area contributed by atoms with E-state index in [9.17, 15) is 14.0 Å². The molecule has 0 aliphatic carbocycles. The van der Waals surface area contributed by atoms with E-state index in [-0.39, 0.29) is 28.2 Å². The third-order valence-electron chi connectivity index (χ3n) is 5.55. The number of carbonyl (C=O) groups is 2. The molecule has 3 heterocycles. The molecular formula is C22H23FN6O2. The number of piperidine rings is 1. The fourth-order valence-corrected chi connectivity index (χ4v) is 4.05. The third-order valence-corrected chi connectivity index (χ3v) is 5.55. The average Bonchev–Trinajstić information content (AvgIpc) is 3.25. The van der Waals surface area contributed by atoms with Crippen molar-refractivity contribution in [2.45, 2.75) is 18.8 Å². The number of nitrogens with two attached hydrogens (primary N) is 2. The highest BCUT2D eigenvalue weighted by atomic mass is 19.1. The van der Waals surface area contributed by atoms with Crippen molar-refractivity contribution < 1.29 is 14.0 Å². The molecule has 4 rings (SSSR count). The number of ketones is 1. The molecule has 9 heteroatoms. The number of carbonyl (C=O) groups excluding carboxylic acids is 2. The summed E-state index contributed by atoms with van der Waals surface area (Å²) >= 11 is 0. The third kappa shape index (κ3) is 3.87. The van der Waals surface area contributed by atoms with Crippen molar-refractivity contribution in [2.24, 2.45) is 11.6 Å². The number of anilines is 1. The molecule has 1 atom stereocenters. The molecule has 1 unspecified atom stereocenters. The van der Waals surface area contributed by atoms with Crippen molar-refractivity contribution in [1.82, 2.24) is 14.9 Å². The Morgan fingerprint density at radius 2 is 2.06 bits per heavy atom. The van der Waals surface area contributed by atoms with Crippen molar-refractivity contribution in [1.29, 1.82) is 0 Å². The zero-order valence-electron chi connectivity index (χ0n) is 16.8. The number of aromatic amines is 1. The van der Waals surface area contributed by atoms with E-state index in [0.29, 0.717) is 13.1 Å². The van der Waals surface area contributed by atoms with Crippen LogP contribution in [0.1, 0.15) is 34.7 Å². The number of amides is 1. The molecular weight excluding hydrogens is 399 g/mol. The second-order valence-corrected chi connectivity index (χ2v) is 7.46. The Bertz CT molecular complexity index is 1140. The van der Waals surface area contributed by atoms with Gasteiger partial charge in [0.1, 0.15) is 0 Å². The molecule has 3 aromatic rings. The van der Waals surface area contributed by atoms with E-state index in [1.54, 1.807) is 4.90 Å². The summed E-state index contributed by atoms with van der Waals surface area (Å²) in [4.78, 5) is 34.4. The van der Waals surface area contributed by atoms with Gasteiger partial charge in [-0.25, -0.2) is 15.2 Å². The molecule has 0 spiro atoms. The van der Waals surface area contributed by atoms with Gasteiger partial charge in [0.2, 0.25) is 0 Å². The van der Waals surface area contributed by atoms with Crippen LogP contribution in [0.3, 0.4) is 0 Å². The second-order valence-electron chi connectivity index (χ2n) is 7.46. The smallest absolute Gasteiger partial charge is 0.295 e. The number of fused-ring (bicyclic) bond motifs is 1. The summed E-state index contributed by atoms with van der Waals surface area (Å²) in [6.07, 6.45) is 6.56. The number of Topliss-reactive ketones (excluding diaryl/α,β-unsaturated/α-hetero) is 1. The molecule has 1 saturated heterocycles. The lowest BCUT2D eigenvalue weighted by atomic mass is 9.90. The first-order valence-corrected chi connectivity index (χ1v) is 9.97. The highest BCUT2D eigenvalue weighted by molar-refractivity contribution is 6.45. The van der Waals surface area contributed by atoms with E-state index in [2.05, 4.69) is 9.97 Å². The van der Waals surface area contributed by atoms with Gasteiger partial charge >= 0.3 is 0 Å². The summed E-state index contributed by atoms with van der Waals surface area (Å²) in [6, 6.07) is 9.92. The van der Waals surface area contributed by atoms with Crippen molar-refractivity contribution in [3.63, 3.8) is 0 Å². The summed E-state index contributed by atoms with van der Waals surface area (Å²) in [5, 5.41) is 1.07. The predicted octanol–water partition coefficient (Wildman–Crippen LogP) is 2.40. The summed E-state index contributed by atoms with van der Waals surface area (Å²) < 4.78 is 14.6. The maximum atomic E-state index is 14.6. The van der Waals surface area contributed by atoms with Crippen LogP contribution < -0.4 is 16.6 Å². The number of H-pyrrole nitrogens is 1. The minimum atomic E-state index is -0.769. The lowest BCUT2D eigenvalue weighted by molar-refractivity contribution is -0.127. The van der Waals surface area contributed by atoms with Gasteiger partial charge in [0.25, 0.3) is 11.7 Å². The van der Waals surface area contributed by atoms with Crippen LogP contribution in [-0.4, -0.2) is 39.6 Å². The molecule has 1 aromatic carbocycles. The zero-order chi connectivity index (χ0) is 22.0. The number of pyridine rings is 1. The summed E-state index contributed by atoms with van der Waals surface area (Å²) in [6.45, 7) is 0.938. The number of nitrogens with zero attached hydrogens (tertiary/aromatic N) is 3. The van der Waals surface area contributed by atoms with Gasteiger partial charge < -0.3 is 15.6 Å². The highest BCUT2D eigenvalue weighted by Crippen LogP contribution is 2.30. The molecule has 1 fully saturated rings. The number of hydrogen-bond donors (Lipinski definition) is 3.